The highest BCUT2D eigenvalue weighted by Crippen LogP contribution is 2.28. The minimum atomic E-state index is -1.58. The Kier molecular flexibility index (Phi) is 15.6. The van der Waals surface area contributed by atoms with Gasteiger partial charge in [-0.05, 0) is 6.42 Å². The summed E-state index contributed by atoms with van der Waals surface area (Å²) in [5.41, 5.74) is 0. The third-order valence-electron chi connectivity index (χ3n) is 7.44. The van der Waals surface area contributed by atoms with Gasteiger partial charge in [0.15, 0.2) is 18.7 Å². The van der Waals surface area contributed by atoms with Gasteiger partial charge in [-0.25, -0.2) is 0 Å². The fourth-order valence-electron chi connectivity index (χ4n) is 4.87. The zero-order chi connectivity index (χ0) is 28.9. The molecule has 2 saturated heterocycles. The van der Waals surface area contributed by atoms with Crippen molar-refractivity contribution in [3.63, 3.8) is 0 Å². The molecule has 2 aliphatic rings. The van der Waals surface area contributed by atoms with Crippen LogP contribution in [0, 0.1) is 5.92 Å². The van der Waals surface area contributed by atoms with Crippen LogP contribution in [0.4, 0.5) is 0 Å². The number of esters is 1. The first-order valence-corrected chi connectivity index (χ1v) is 14.2. The van der Waals surface area contributed by atoms with E-state index in [2.05, 4.69) is 6.92 Å². The number of ether oxygens (including phenoxy) is 6. The Balaban J connectivity index is 1.89. The van der Waals surface area contributed by atoms with Crippen molar-refractivity contribution in [2.45, 2.75) is 133 Å². The summed E-state index contributed by atoms with van der Waals surface area (Å²) in [5.74, 6) is -0.956. The molecule has 11 atom stereocenters. The Labute approximate surface area is 231 Å². The van der Waals surface area contributed by atoms with E-state index in [1.807, 2.05) is 0 Å². The van der Waals surface area contributed by atoms with E-state index >= 15 is 0 Å². The zero-order valence-electron chi connectivity index (χ0n) is 23.7. The van der Waals surface area contributed by atoms with Gasteiger partial charge in [0.2, 0.25) is 0 Å². The Morgan fingerprint density at radius 1 is 0.744 bits per heavy atom. The van der Waals surface area contributed by atoms with Gasteiger partial charge in [0.1, 0.15) is 42.7 Å². The average Bonchev–Trinajstić information content (AvgIpc) is 2.92. The van der Waals surface area contributed by atoms with Crippen molar-refractivity contribution < 1.29 is 58.7 Å². The molecule has 0 amide bonds. The molecule has 12 nitrogen and oxygen atoms in total. The first kappa shape index (κ1) is 34.3. The highest BCUT2D eigenvalue weighted by molar-refractivity contribution is 5.72. The van der Waals surface area contributed by atoms with Crippen molar-refractivity contribution in [3.05, 3.63) is 0 Å². The predicted molar refractivity (Wildman–Crippen MR) is 138 cm³/mol. The van der Waals surface area contributed by atoms with Crippen LogP contribution in [0.2, 0.25) is 0 Å². The van der Waals surface area contributed by atoms with Crippen LogP contribution in [0.25, 0.3) is 0 Å². The van der Waals surface area contributed by atoms with Crippen LogP contribution in [-0.4, -0.2) is 120 Å². The van der Waals surface area contributed by atoms with Gasteiger partial charge in [-0.2, -0.15) is 0 Å². The number of aliphatic hydroxyl groups excluding tert-OH is 5. The van der Waals surface area contributed by atoms with Crippen LogP contribution in [0.3, 0.4) is 0 Å². The molecule has 5 unspecified atom stereocenters. The lowest BCUT2D eigenvalue weighted by Gasteiger charge is -2.43. The smallest absolute Gasteiger partial charge is 0.309 e. The predicted octanol–water partition coefficient (Wildman–Crippen LogP) is 0.629. The largest absolute Gasteiger partial charge is 0.456 e. The number of carbonyl (C=O) groups excluding carboxylic acids is 1. The first-order chi connectivity index (χ1) is 18.7. The number of hydrogen-bond donors (Lipinski definition) is 5. The minimum Gasteiger partial charge on any atom is -0.456 e. The molecule has 0 bridgehead atoms. The quantitative estimate of drug-likeness (QED) is 0.123. The molecule has 0 radical (unpaired) electrons. The van der Waals surface area contributed by atoms with Crippen LogP contribution in [-0.2, 0) is 33.2 Å². The fraction of sp³-hybridized carbons (Fsp3) is 0.963. The maximum Gasteiger partial charge on any atom is 0.309 e. The van der Waals surface area contributed by atoms with Crippen LogP contribution in [0.5, 0.6) is 0 Å². The summed E-state index contributed by atoms with van der Waals surface area (Å²) >= 11 is 0. The van der Waals surface area contributed by atoms with E-state index in [0.29, 0.717) is 6.42 Å². The number of rotatable bonds is 17. The van der Waals surface area contributed by atoms with E-state index in [4.69, 9.17) is 28.4 Å². The third kappa shape index (κ3) is 10.1. The number of unbranched alkanes of at least 4 members (excludes halogenated alkanes) is 7. The lowest BCUT2D eigenvalue weighted by molar-refractivity contribution is -0.329. The Hall–Kier alpha value is -0.930. The molecule has 12 heteroatoms. The highest BCUT2D eigenvalue weighted by atomic mass is 16.7. The van der Waals surface area contributed by atoms with E-state index in [0.717, 1.165) is 19.3 Å². The monoisotopic (exact) mass is 566 g/mol. The van der Waals surface area contributed by atoms with Crippen LogP contribution < -0.4 is 0 Å². The van der Waals surface area contributed by atoms with Crippen LogP contribution in [0.1, 0.15) is 71.6 Å². The van der Waals surface area contributed by atoms with Gasteiger partial charge < -0.3 is 54.0 Å². The molecule has 0 aromatic carbocycles. The summed E-state index contributed by atoms with van der Waals surface area (Å²) < 4.78 is 32.4. The molecule has 2 rings (SSSR count). The topological polar surface area (TPSA) is 174 Å². The maximum atomic E-state index is 12.8. The van der Waals surface area contributed by atoms with E-state index in [-0.39, 0.29) is 13.2 Å². The molecule has 0 spiro atoms. The van der Waals surface area contributed by atoms with E-state index in [1.54, 1.807) is 6.92 Å². The Morgan fingerprint density at radius 3 is 1.95 bits per heavy atom. The minimum absolute atomic E-state index is 0.0551. The molecule has 39 heavy (non-hydrogen) atoms. The van der Waals surface area contributed by atoms with Gasteiger partial charge in [0.05, 0.1) is 19.1 Å². The maximum absolute atomic E-state index is 12.8. The number of methoxy groups -OCH3 is 2. The lowest BCUT2D eigenvalue weighted by atomic mass is 9.97. The van der Waals surface area contributed by atoms with Gasteiger partial charge in [-0.3, -0.25) is 4.79 Å². The highest BCUT2D eigenvalue weighted by Gasteiger charge is 2.49. The molecule has 230 valence electrons. The first-order valence-electron chi connectivity index (χ1n) is 14.2. The second-order valence-electron chi connectivity index (χ2n) is 10.6. The number of hydrogen-bond acceptors (Lipinski definition) is 12. The lowest BCUT2D eigenvalue weighted by Crippen LogP contribution is -2.62. The third-order valence-corrected chi connectivity index (χ3v) is 7.44. The van der Waals surface area contributed by atoms with Gasteiger partial charge in [-0.1, -0.05) is 65.2 Å². The van der Waals surface area contributed by atoms with E-state index in [9.17, 15) is 30.3 Å². The SMILES string of the molecule is CCCCCCCCCCC(C)C(=O)O[C@@H]1C(O)[C@@H](OC)OC(CO[C@H]2OC(COC)[C@@H](O)[C@H](O)C2O)[C@H]1O. The van der Waals surface area contributed by atoms with Crippen molar-refractivity contribution in [1.82, 2.24) is 0 Å². The van der Waals surface area contributed by atoms with Gasteiger partial charge >= 0.3 is 5.97 Å². The summed E-state index contributed by atoms with van der Waals surface area (Å²) in [7, 11) is 2.69. The van der Waals surface area contributed by atoms with Gasteiger partial charge in [0, 0.05) is 14.2 Å². The van der Waals surface area contributed by atoms with Crippen LogP contribution in [0.15, 0.2) is 0 Å². The summed E-state index contributed by atoms with van der Waals surface area (Å²) in [6.45, 7) is 3.53. The Morgan fingerprint density at radius 2 is 1.33 bits per heavy atom. The molecule has 0 saturated carbocycles. The number of carbonyl (C=O) groups is 1. The van der Waals surface area contributed by atoms with Crippen molar-refractivity contribution in [2.24, 2.45) is 5.92 Å². The van der Waals surface area contributed by atoms with Crippen molar-refractivity contribution in [1.29, 1.82) is 0 Å². The molecular weight excluding hydrogens is 516 g/mol. The summed E-state index contributed by atoms with van der Waals surface area (Å²) in [6, 6.07) is 0. The van der Waals surface area contributed by atoms with Crippen molar-refractivity contribution in [3.8, 4) is 0 Å². The average molecular weight is 567 g/mol. The molecule has 0 aromatic rings. The molecular formula is C27H50O12. The van der Waals surface area contributed by atoms with Crippen LogP contribution >= 0.6 is 0 Å². The molecule has 0 aromatic heterocycles. The van der Waals surface area contributed by atoms with Gasteiger partial charge in [-0.15, -0.1) is 0 Å². The molecule has 0 aliphatic carbocycles. The van der Waals surface area contributed by atoms with E-state index in [1.165, 1.54) is 46.3 Å². The Bertz CT molecular complexity index is 681. The summed E-state index contributed by atoms with van der Waals surface area (Å²) in [4.78, 5) is 12.8. The standard InChI is InChI=1S/C27H50O12/c1-5-6-7-8-9-10-11-12-13-16(2)25(33)39-24-20(29)18(37-26(35-4)23(24)32)15-36-27-22(31)21(30)19(28)17(38-27)14-34-3/h16-24,26-32H,5-15H2,1-4H3/t16?,17?,18?,19-,20-,21+,22?,23?,24+,26+,27+/m1/s1. The second-order valence-corrected chi connectivity index (χ2v) is 10.6. The summed E-state index contributed by atoms with van der Waals surface area (Å²) in [6.07, 6.45) is -3.58. The molecule has 5 N–H and O–H groups in total. The van der Waals surface area contributed by atoms with Crippen molar-refractivity contribution >= 4 is 5.97 Å². The fourth-order valence-corrected chi connectivity index (χ4v) is 4.87. The zero-order valence-corrected chi connectivity index (χ0v) is 23.7. The number of aliphatic hydroxyl groups is 5. The normalized spacial score (nSPS) is 36.0. The summed E-state index contributed by atoms with van der Waals surface area (Å²) in [5, 5.41) is 52.0. The van der Waals surface area contributed by atoms with E-state index < -0.39 is 73.3 Å². The molecule has 2 heterocycles. The molecule has 2 fully saturated rings. The second kappa shape index (κ2) is 17.8. The van der Waals surface area contributed by atoms with Crippen molar-refractivity contribution in [2.75, 3.05) is 27.4 Å². The molecule has 2 aliphatic heterocycles. The van der Waals surface area contributed by atoms with Gasteiger partial charge in [0.25, 0.3) is 0 Å².